The van der Waals surface area contributed by atoms with Gasteiger partial charge < -0.3 is 10.2 Å². The van der Waals surface area contributed by atoms with Crippen LogP contribution in [-0.2, 0) is 9.59 Å². The van der Waals surface area contributed by atoms with Gasteiger partial charge in [0.25, 0.3) is 0 Å². The third-order valence-corrected chi connectivity index (χ3v) is 6.73. The van der Waals surface area contributed by atoms with Crippen LogP contribution in [-0.4, -0.2) is 22.2 Å². The first-order valence-electron chi connectivity index (χ1n) is 12.2. The Morgan fingerprint density at radius 1 is 0.767 bits per heavy atom. The van der Waals surface area contributed by atoms with Gasteiger partial charge in [-0.1, -0.05) is 76.5 Å². The largest absolute Gasteiger partial charge is 0.481 e. The van der Waals surface area contributed by atoms with Crippen molar-refractivity contribution in [2.24, 2.45) is 23.7 Å². The van der Waals surface area contributed by atoms with Crippen molar-refractivity contribution in [2.75, 3.05) is 0 Å². The summed E-state index contributed by atoms with van der Waals surface area (Å²) in [4.78, 5) is 21.2. The van der Waals surface area contributed by atoms with Gasteiger partial charge in [-0.05, 0) is 55.8 Å². The number of aliphatic carboxylic acids is 2. The zero-order chi connectivity index (χ0) is 22.2. The molecule has 0 aromatic heterocycles. The average Bonchev–Trinajstić information content (AvgIpc) is 2.69. The highest BCUT2D eigenvalue weighted by molar-refractivity contribution is 5.66. The molecule has 2 N–H and O–H groups in total. The molecule has 4 unspecified atom stereocenters. The molecule has 30 heavy (non-hydrogen) atoms. The third-order valence-electron chi connectivity index (χ3n) is 6.73. The van der Waals surface area contributed by atoms with E-state index in [0.717, 1.165) is 44.9 Å². The van der Waals surface area contributed by atoms with Crippen molar-refractivity contribution in [1.29, 1.82) is 0 Å². The van der Waals surface area contributed by atoms with E-state index in [9.17, 15) is 9.59 Å². The highest BCUT2D eigenvalue weighted by Crippen LogP contribution is 2.41. The SMILES string of the molecule is C=CCC1C(CCCCCCCC(=O)O)C=CC(C)C1CCCCCCCC(=O)O. The van der Waals surface area contributed by atoms with Crippen molar-refractivity contribution < 1.29 is 19.8 Å². The number of carboxylic acids is 2. The molecule has 1 aliphatic carbocycles. The standard InChI is InChI=1S/C26H44O4/c1-3-14-24-22(15-10-6-4-8-12-17-25(27)28)20-19-21(2)23(24)16-11-7-5-9-13-18-26(29)30/h3,19-24H,1,4-18H2,2H3,(H,27,28)(H,29,30). The van der Waals surface area contributed by atoms with E-state index in [4.69, 9.17) is 10.2 Å². The van der Waals surface area contributed by atoms with Gasteiger partial charge in [0, 0.05) is 12.8 Å². The molecule has 1 aliphatic rings. The summed E-state index contributed by atoms with van der Waals surface area (Å²) in [7, 11) is 0. The first-order chi connectivity index (χ1) is 14.5. The maximum absolute atomic E-state index is 10.6. The van der Waals surface area contributed by atoms with Crippen molar-refractivity contribution in [3.63, 3.8) is 0 Å². The van der Waals surface area contributed by atoms with Crippen molar-refractivity contribution in [1.82, 2.24) is 0 Å². The lowest BCUT2D eigenvalue weighted by atomic mass is 9.66. The van der Waals surface area contributed by atoms with E-state index in [2.05, 4.69) is 31.7 Å². The molecule has 1 rings (SSSR count). The van der Waals surface area contributed by atoms with E-state index in [1.165, 1.54) is 38.5 Å². The zero-order valence-electron chi connectivity index (χ0n) is 19.1. The van der Waals surface area contributed by atoms with Gasteiger partial charge in [-0.3, -0.25) is 9.59 Å². The molecule has 0 bridgehead atoms. The summed E-state index contributed by atoms with van der Waals surface area (Å²) in [6.07, 6.45) is 21.9. The molecule has 0 aromatic carbocycles. The van der Waals surface area contributed by atoms with Crippen LogP contribution in [0.3, 0.4) is 0 Å². The molecule has 0 radical (unpaired) electrons. The van der Waals surface area contributed by atoms with Crippen LogP contribution in [0.4, 0.5) is 0 Å². The zero-order valence-corrected chi connectivity index (χ0v) is 19.1. The van der Waals surface area contributed by atoms with Crippen LogP contribution in [0.15, 0.2) is 24.8 Å². The summed E-state index contributed by atoms with van der Waals surface area (Å²) < 4.78 is 0. The second-order valence-electron chi connectivity index (χ2n) is 9.16. The number of rotatable bonds is 18. The number of carboxylic acid groups (broad SMARTS) is 2. The van der Waals surface area contributed by atoms with Crippen LogP contribution in [0, 0.1) is 23.7 Å². The van der Waals surface area contributed by atoms with E-state index in [-0.39, 0.29) is 0 Å². The number of hydrogen-bond donors (Lipinski definition) is 2. The van der Waals surface area contributed by atoms with Gasteiger partial charge in [0.15, 0.2) is 0 Å². The third kappa shape index (κ3) is 11.6. The molecule has 0 saturated heterocycles. The summed E-state index contributed by atoms with van der Waals surface area (Å²) in [5.74, 6) is 1.29. The summed E-state index contributed by atoms with van der Waals surface area (Å²) in [6, 6.07) is 0. The Kier molecular flexibility index (Phi) is 14.2. The smallest absolute Gasteiger partial charge is 0.303 e. The van der Waals surface area contributed by atoms with Gasteiger partial charge in [-0.15, -0.1) is 6.58 Å². The molecule has 4 atom stereocenters. The van der Waals surface area contributed by atoms with Gasteiger partial charge in [0.05, 0.1) is 0 Å². The number of hydrogen-bond acceptors (Lipinski definition) is 2. The van der Waals surface area contributed by atoms with Crippen LogP contribution >= 0.6 is 0 Å². The van der Waals surface area contributed by atoms with Crippen molar-refractivity contribution in [3.8, 4) is 0 Å². The lowest BCUT2D eigenvalue weighted by Crippen LogP contribution is -2.30. The van der Waals surface area contributed by atoms with Crippen LogP contribution in [0.25, 0.3) is 0 Å². The highest BCUT2D eigenvalue weighted by Gasteiger charge is 2.32. The summed E-state index contributed by atoms with van der Waals surface area (Å²) in [5, 5.41) is 17.4. The fourth-order valence-electron chi connectivity index (χ4n) is 5.01. The topological polar surface area (TPSA) is 74.6 Å². The van der Waals surface area contributed by atoms with E-state index < -0.39 is 11.9 Å². The molecule has 172 valence electrons. The molecule has 0 saturated carbocycles. The van der Waals surface area contributed by atoms with E-state index in [1.54, 1.807) is 0 Å². The molecule has 0 aromatic rings. The summed E-state index contributed by atoms with van der Waals surface area (Å²) >= 11 is 0. The lowest BCUT2D eigenvalue weighted by Gasteiger charge is -2.39. The second kappa shape index (κ2) is 16.2. The average molecular weight is 421 g/mol. The van der Waals surface area contributed by atoms with Crippen molar-refractivity contribution in [2.45, 2.75) is 103 Å². The lowest BCUT2D eigenvalue weighted by molar-refractivity contribution is -0.138. The first-order valence-corrected chi connectivity index (χ1v) is 12.2. The van der Waals surface area contributed by atoms with Crippen molar-refractivity contribution in [3.05, 3.63) is 24.8 Å². The Morgan fingerprint density at radius 2 is 1.27 bits per heavy atom. The number of unbranched alkanes of at least 4 members (excludes halogenated alkanes) is 8. The Labute approximate surface area is 183 Å². The van der Waals surface area contributed by atoms with Gasteiger partial charge >= 0.3 is 11.9 Å². The summed E-state index contributed by atoms with van der Waals surface area (Å²) in [5.41, 5.74) is 0. The first kappa shape index (κ1) is 26.5. The molecular weight excluding hydrogens is 376 g/mol. The molecule has 0 heterocycles. The molecule has 0 spiro atoms. The van der Waals surface area contributed by atoms with E-state index in [1.807, 2.05) is 0 Å². The fraction of sp³-hybridized carbons (Fsp3) is 0.769. The van der Waals surface area contributed by atoms with Gasteiger partial charge in [0.1, 0.15) is 0 Å². The molecule has 0 amide bonds. The molecule has 0 fully saturated rings. The fourth-order valence-corrected chi connectivity index (χ4v) is 5.01. The minimum absolute atomic E-state index is 0.298. The van der Waals surface area contributed by atoms with Gasteiger partial charge in [-0.25, -0.2) is 0 Å². The number of carbonyl (C=O) groups is 2. The Bertz CT molecular complexity index is 525. The Hall–Kier alpha value is -1.58. The Morgan fingerprint density at radius 3 is 1.80 bits per heavy atom. The monoisotopic (exact) mass is 420 g/mol. The number of allylic oxidation sites excluding steroid dienone is 3. The normalized spacial score (nSPS) is 23.4. The van der Waals surface area contributed by atoms with E-state index >= 15 is 0 Å². The predicted octanol–water partition coefficient (Wildman–Crippen LogP) is 7.25. The minimum atomic E-state index is -0.685. The van der Waals surface area contributed by atoms with Crippen LogP contribution in [0.1, 0.15) is 103 Å². The van der Waals surface area contributed by atoms with Crippen LogP contribution < -0.4 is 0 Å². The van der Waals surface area contributed by atoms with Gasteiger partial charge in [-0.2, -0.15) is 0 Å². The molecule has 0 aliphatic heterocycles. The Balaban J connectivity index is 2.35. The van der Waals surface area contributed by atoms with Crippen molar-refractivity contribution >= 4 is 11.9 Å². The van der Waals surface area contributed by atoms with Gasteiger partial charge in [0.2, 0.25) is 0 Å². The predicted molar refractivity (Wildman–Crippen MR) is 123 cm³/mol. The minimum Gasteiger partial charge on any atom is -0.481 e. The van der Waals surface area contributed by atoms with E-state index in [0.29, 0.717) is 36.5 Å². The quantitative estimate of drug-likeness (QED) is 0.181. The van der Waals surface area contributed by atoms with Crippen LogP contribution in [0.2, 0.25) is 0 Å². The summed E-state index contributed by atoms with van der Waals surface area (Å²) in [6.45, 7) is 6.37. The maximum Gasteiger partial charge on any atom is 0.303 e. The highest BCUT2D eigenvalue weighted by atomic mass is 16.4. The molecule has 4 nitrogen and oxygen atoms in total. The van der Waals surface area contributed by atoms with Crippen LogP contribution in [0.5, 0.6) is 0 Å². The second-order valence-corrected chi connectivity index (χ2v) is 9.16. The molecular formula is C26H44O4. The maximum atomic E-state index is 10.6. The molecule has 4 heteroatoms.